The van der Waals surface area contributed by atoms with Crippen molar-refractivity contribution >= 4 is 5.91 Å². The predicted molar refractivity (Wildman–Crippen MR) is 85.7 cm³/mol. The predicted octanol–water partition coefficient (Wildman–Crippen LogP) is 3.19. The normalized spacial score (nSPS) is 27.6. The van der Waals surface area contributed by atoms with Crippen molar-refractivity contribution in [3.05, 3.63) is 0 Å². The summed E-state index contributed by atoms with van der Waals surface area (Å²) in [4.78, 5) is 13.7. The second-order valence-corrected chi connectivity index (χ2v) is 7.45. The molecule has 146 valence electrons. The molecule has 1 aliphatic carbocycles. The lowest BCUT2D eigenvalue weighted by Gasteiger charge is -2.36. The van der Waals surface area contributed by atoms with Gasteiger partial charge >= 0.3 is 0 Å². The van der Waals surface area contributed by atoms with Gasteiger partial charge in [-0.05, 0) is 32.6 Å². The van der Waals surface area contributed by atoms with Crippen LogP contribution in [0.4, 0.5) is 17.6 Å². The van der Waals surface area contributed by atoms with Crippen molar-refractivity contribution in [1.29, 1.82) is 0 Å². The highest BCUT2D eigenvalue weighted by Crippen LogP contribution is 2.38. The van der Waals surface area contributed by atoms with Crippen molar-refractivity contribution in [3.63, 3.8) is 0 Å². The molecule has 3 atom stereocenters. The lowest BCUT2D eigenvalue weighted by atomic mass is 9.83. The van der Waals surface area contributed by atoms with Crippen LogP contribution in [0.15, 0.2) is 0 Å². The van der Waals surface area contributed by atoms with Crippen LogP contribution >= 0.6 is 0 Å². The number of carbonyl (C=O) groups is 1. The maximum Gasteiger partial charge on any atom is 0.251 e. The Morgan fingerprint density at radius 1 is 1.04 bits per heavy atom. The summed E-state index contributed by atoms with van der Waals surface area (Å²) >= 11 is 0. The molecule has 1 amide bonds. The van der Waals surface area contributed by atoms with Crippen molar-refractivity contribution in [1.82, 2.24) is 4.90 Å². The summed E-state index contributed by atoms with van der Waals surface area (Å²) in [6, 6.07) is -0.945. The first-order valence-corrected chi connectivity index (χ1v) is 8.96. The average Bonchev–Trinajstić information content (AvgIpc) is 2.53. The highest BCUT2D eigenvalue weighted by Gasteiger charge is 2.39. The van der Waals surface area contributed by atoms with Crippen LogP contribution in [-0.4, -0.2) is 54.0 Å². The van der Waals surface area contributed by atoms with Crippen LogP contribution in [0.1, 0.15) is 52.4 Å². The SMILES string of the molecule is CC(O[C@H](C)[C@H](N)C(=O)N1CCC(F)(F)CC1)C1CCC(F)(F)CC1. The smallest absolute Gasteiger partial charge is 0.251 e. The van der Waals surface area contributed by atoms with Gasteiger partial charge in [0.25, 0.3) is 5.92 Å². The molecule has 1 saturated carbocycles. The molecule has 1 unspecified atom stereocenters. The van der Waals surface area contributed by atoms with E-state index in [1.54, 1.807) is 6.92 Å². The van der Waals surface area contributed by atoms with Gasteiger partial charge in [-0.15, -0.1) is 0 Å². The molecule has 2 aliphatic rings. The Morgan fingerprint density at radius 2 is 1.52 bits per heavy atom. The Balaban J connectivity index is 1.81. The van der Waals surface area contributed by atoms with Crippen LogP contribution in [0.25, 0.3) is 0 Å². The quantitative estimate of drug-likeness (QED) is 0.759. The molecule has 1 aliphatic heterocycles. The number of carbonyl (C=O) groups excluding carboxylic acids is 1. The minimum absolute atomic E-state index is 0.0121. The summed E-state index contributed by atoms with van der Waals surface area (Å²) in [6.45, 7) is 3.44. The molecule has 4 nitrogen and oxygen atoms in total. The number of nitrogens with zero attached hydrogens (tertiary/aromatic N) is 1. The number of ether oxygens (including phenoxy) is 1. The largest absolute Gasteiger partial charge is 0.373 e. The zero-order valence-electron chi connectivity index (χ0n) is 14.8. The molecule has 25 heavy (non-hydrogen) atoms. The molecule has 0 radical (unpaired) electrons. The van der Waals surface area contributed by atoms with Crippen LogP contribution in [0.2, 0.25) is 0 Å². The van der Waals surface area contributed by atoms with Gasteiger partial charge in [0.15, 0.2) is 0 Å². The molecule has 2 fully saturated rings. The Hall–Kier alpha value is -0.890. The van der Waals surface area contributed by atoms with Gasteiger partial charge in [0.1, 0.15) is 6.04 Å². The standard InChI is InChI=1S/C17H28F4N2O2/c1-11(13-3-5-16(18,19)6-4-13)25-12(2)14(22)15(24)23-9-7-17(20,21)8-10-23/h11-14H,3-10,22H2,1-2H3/t11?,12-,14+/m1/s1. The van der Waals surface area contributed by atoms with Crippen molar-refractivity contribution in [3.8, 4) is 0 Å². The second kappa shape index (κ2) is 7.78. The number of piperidine rings is 1. The number of halogens is 4. The van der Waals surface area contributed by atoms with Crippen LogP contribution in [0.3, 0.4) is 0 Å². The Bertz CT molecular complexity index is 456. The monoisotopic (exact) mass is 368 g/mol. The zero-order chi connectivity index (χ0) is 18.8. The molecule has 0 spiro atoms. The van der Waals surface area contributed by atoms with E-state index in [4.69, 9.17) is 10.5 Å². The fraction of sp³-hybridized carbons (Fsp3) is 0.941. The van der Waals surface area contributed by atoms with Gasteiger partial charge in [0, 0.05) is 38.8 Å². The van der Waals surface area contributed by atoms with E-state index in [2.05, 4.69) is 0 Å². The Kier molecular flexibility index (Phi) is 6.35. The van der Waals surface area contributed by atoms with E-state index in [0.29, 0.717) is 12.8 Å². The molecule has 1 saturated heterocycles. The first kappa shape index (κ1) is 20.4. The van der Waals surface area contributed by atoms with Gasteiger partial charge in [0.05, 0.1) is 12.2 Å². The van der Waals surface area contributed by atoms with Crippen molar-refractivity contribution < 1.29 is 27.1 Å². The van der Waals surface area contributed by atoms with E-state index in [0.717, 1.165) is 0 Å². The number of likely N-dealkylation sites (tertiary alicyclic amines) is 1. The molecule has 8 heteroatoms. The van der Waals surface area contributed by atoms with Gasteiger partial charge in [0.2, 0.25) is 11.8 Å². The van der Waals surface area contributed by atoms with Crippen molar-refractivity contribution in [2.45, 2.75) is 82.5 Å². The molecular formula is C17H28F4N2O2. The average molecular weight is 368 g/mol. The molecule has 0 aromatic carbocycles. The topological polar surface area (TPSA) is 55.6 Å². The summed E-state index contributed by atoms with van der Waals surface area (Å²) in [7, 11) is 0. The number of nitrogens with two attached hydrogens (primary N) is 1. The molecule has 0 aromatic rings. The molecule has 2 rings (SSSR count). The summed E-state index contributed by atoms with van der Waals surface area (Å²) in [5.74, 6) is -5.70. The van der Waals surface area contributed by atoms with E-state index in [1.807, 2.05) is 6.92 Å². The zero-order valence-corrected chi connectivity index (χ0v) is 14.8. The number of rotatable bonds is 5. The summed E-state index contributed by atoms with van der Waals surface area (Å²) in [6.07, 6.45) is -1.13. The fourth-order valence-corrected chi connectivity index (χ4v) is 3.53. The Morgan fingerprint density at radius 3 is 2.04 bits per heavy atom. The minimum atomic E-state index is -2.72. The third kappa shape index (κ3) is 5.54. The lowest BCUT2D eigenvalue weighted by Crippen LogP contribution is -2.54. The van der Waals surface area contributed by atoms with Crippen LogP contribution in [-0.2, 0) is 9.53 Å². The van der Waals surface area contributed by atoms with E-state index in [9.17, 15) is 22.4 Å². The first-order valence-electron chi connectivity index (χ1n) is 8.96. The van der Waals surface area contributed by atoms with E-state index < -0.39 is 29.9 Å². The third-order valence-electron chi connectivity index (χ3n) is 5.45. The van der Waals surface area contributed by atoms with E-state index >= 15 is 0 Å². The van der Waals surface area contributed by atoms with Gasteiger partial charge in [-0.25, -0.2) is 17.6 Å². The maximum atomic E-state index is 13.2. The highest BCUT2D eigenvalue weighted by atomic mass is 19.3. The van der Waals surface area contributed by atoms with E-state index in [-0.39, 0.29) is 50.8 Å². The van der Waals surface area contributed by atoms with Gasteiger partial charge in [-0.1, -0.05) is 0 Å². The number of hydrogen-bond acceptors (Lipinski definition) is 3. The minimum Gasteiger partial charge on any atom is -0.373 e. The molecule has 0 bridgehead atoms. The lowest BCUT2D eigenvalue weighted by molar-refractivity contribution is -0.144. The highest BCUT2D eigenvalue weighted by molar-refractivity contribution is 5.82. The number of hydrogen-bond donors (Lipinski definition) is 1. The molecule has 2 N–H and O–H groups in total. The van der Waals surface area contributed by atoms with Gasteiger partial charge < -0.3 is 15.4 Å². The van der Waals surface area contributed by atoms with Crippen molar-refractivity contribution in [2.24, 2.45) is 11.7 Å². The number of alkyl halides is 4. The van der Waals surface area contributed by atoms with Crippen LogP contribution in [0.5, 0.6) is 0 Å². The third-order valence-corrected chi connectivity index (χ3v) is 5.45. The number of amides is 1. The summed E-state index contributed by atoms with van der Waals surface area (Å²) in [5.41, 5.74) is 5.96. The summed E-state index contributed by atoms with van der Waals surface area (Å²) < 4.78 is 58.6. The van der Waals surface area contributed by atoms with Gasteiger partial charge in [-0.2, -0.15) is 0 Å². The Labute approximate surface area is 146 Å². The van der Waals surface area contributed by atoms with Crippen LogP contribution < -0.4 is 5.73 Å². The first-order chi connectivity index (χ1) is 11.5. The fourth-order valence-electron chi connectivity index (χ4n) is 3.53. The molecule has 0 aromatic heterocycles. The van der Waals surface area contributed by atoms with Crippen molar-refractivity contribution in [2.75, 3.05) is 13.1 Å². The molecular weight excluding hydrogens is 340 g/mol. The second-order valence-electron chi connectivity index (χ2n) is 7.45. The molecule has 1 heterocycles. The van der Waals surface area contributed by atoms with Gasteiger partial charge in [-0.3, -0.25) is 4.79 Å². The van der Waals surface area contributed by atoms with Crippen LogP contribution in [0, 0.1) is 5.92 Å². The van der Waals surface area contributed by atoms with E-state index in [1.165, 1.54) is 4.90 Å². The maximum absolute atomic E-state index is 13.2. The summed E-state index contributed by atoms with van der Waals surface area (Å²) in [5, 5.41) is 0.